The molecule has 2 aromatic rings. The van der Waals surface area contributed by atoms with Gasteiger partial charge in [0.05, 0.1) is 8.66 Å². The summed E-state index contributed by atoms with van der Waals surface area (Å²) in [5.74, 6) is 0.150. The summed E-state index contributed by atoms with van der Waals surface area (Å²) in [5, 5.41) is 0. The molecule has 2 rings (SSSR count). The summed E-state index contributed by atoms with van der Waals surface area (Å²) in [7, 11) is 0. The molecule has 0 unspecified atom stereocenters. The zero-order valence-electron chi connectivity index (χ0n) is 11.9. The van der Waals surface area contributed by atoms with Gasteiger partial charge >= 0.3 is 0 Å². The minimum atomic E-state index is 0.150. The van der Waals surface area contributed by atoms with Crippen molar-refractivity contribution in [2.45, 2.75) is 46.0 Å². The summed E-state index contributed by atoms with van der Waals surface area (Å²) in [6.45, 7) is 3.86. The number of hydrogen-bond donors (Lipinski definition) is 0. The monoisotopic (exact) mass is 370 g/mol. The second-order valence-electron chi connectivity index (χ2n) is 4.94. The van der Waals surface area contributed by atoms with Crippen LogP contribution >= 0.6 is 38.6 Å². The number of rotatable bonds is 7. The molecule has 0 aromatic carbocycles. The quantitative estimate of drug-likeness (QED) is 0.398. The first-order valence-corrected chi connectivity index (χ1v) is 9.43. The Hall–Kier alpha value is -0.450. The highest BCUT2D eigenvalue weighted by Gasteiger charge is 2.11. The van der Waals surface area contributed by atoms with E-state index in [1.165, 1.54) is 44.8 Å². The molecule has 0 saturated heterocycles. The Labute approximate surface area is 137 Å². The van der Waals surface area contributed by atoms with Crippen LogP contribution in [-0.4, -0.2) is 5.78 Å². The van der Waals surface area contributed by atoms with Crippen molar-refractivity contribution in [2.75, 3.05) is 0 Å². The number of hydrogen-bond acceptors (Lipinski definition) is 3. The van der Waals surface area contributed by atoms with Gasteiger partial charge < -0.3 is 0 Å². The number of ketones is 1. The zero-order valence-corrected chi connectivity index (χ0v) is 15.1. The average molecular weight is 371 g/mol. The van der Waals surface area contributed by atoms with E-state index in [-0.39, 0.29) is 5.78 Å². The largest absolute Gasteiger partial charge is 0.294 e. The lowest BCUT2D eigenvalue weighted by molar-refractivity contribution is 0.102. The van der Waals surface area contributed by atoms with Crippen LogP contribution in [0.5, 0.6) is 0 Å². The Balaban J connectivity index is 2.07. The Morgan fingerprint density at radius 3 is 2.60 bits per heavy atom. The van der Waals surface area contributed by atoms with Gasteiger partial charge in [-0.3, -0.25) is 4.79 Å². The number of halogens is 1. The molecule has 0 amide bonds. The third-order valence-corrected chi connectivity index (χ3v) is 6.60. The van der Waals surface area contributed by atoms with Crippen molar-refractivity contribution in [3.63, 3.8) is 0 Å². The molecule has 0 bridgehead atoms. The topological polar surface area (TPSA) is 17.1 Å². The van der Waals surface area contributed by atoms with E-state index in [9.17, 15) is 4.79 Å². The van der Waals surface area contributed by atoms with Crippen molar-refractivity contribution in [2.24, 2.45) is 0 Å². The van der Waals surface area contributed by atoms with Gasteiger partial charge in [-0.1, -0.05) is 26.2 Å². The van der Waals surface area contributed by atoms with Gasteiger partial charge in [-0.25, -0.2) is 0 Å². The molecule has 0 spiro atoms. The number of unbranched alkanes of at least 4 members (excludes halogenated alkanes) is 3. The maximum Gasteiger partial charge on any atom is 0.169 e. The van der Waals surface area contributed by atoms with Crippen LogP contribution in [-0.2, 0) is 6.42 Å². The molecule has 0 atom stereocenters. The maximum atomic E-state index is 11.4. The van der Waals surface area contributed by atoms with Gasteiger partial charge in [-0.15, -0.1) is 22.7 Å². The van der Waals surface area contributed by atoms with Crippen LogP contribution in [0.15, 0.2) is 22.0 Å². The second-order valence-corrected chi connectivity index (χ2v) is 8.39. The lowest BCUT2D eigenvalue weighted by atomic mass is 10.1. The Morgan fingerprint density at radius 2 is 1.95 bits per heavy atom. The molecule has 0 N–H and O–H groups in total. The average Bonchev–Trinajstić information content (AvgIpc) is 3.02. The minimum Gasteiger partial charge on any atom is -0.294 e. The molecule has 1 nitrogen and oxygen atoms in total. The molecule has 0 saturated carbocycles. The Morgan fingerprint density at radius 1 is 1.15 bits per heavy atom. The highest BCUT2D eigenvalue weighted by atomic mass is 79.9. The number of carbonyl (C=O) groups is 1. The molecular formula is C16H19BrOS2. The van der Waals surface area contributed by atoms with E-state index in [0.29, 0.717) is 0 Å². The molecule has 20 heavy (non-hydrogen) atoms. The number of carbonyl (C=O) groups excluding carboxylic acids is 1. The van der Waals surface area contributed by atoms with Crippen LogP contribution in [0, 0.1) is 0 Å². The summed E-state index contributed by atoms with van der Waals surface area (Å²) >= 11 is 7.04. The van der Waals surface area contributed by atoms with Crippen LogP contribution in [0.1, 0.15) is 54.8 Å². The third-order valence-electron chi connectivity index (χ3n) is 3.25. The van der Waals surface area contributed by atoms with Gasteiger partial charge in [0, 0.05) is 9.75 Å². The zero-order chi connectivity index (χ0) is 14.5. The minimum absolute atomic E-state index is 0.150. The van der Waals surface area contributed by atoms with E-state index < -0.39 is 0 Å². The summed E-state index contributed by atoms with van der Waals surface area (Å²) in [5.41, 5.74) is 1.40. The maximum absolute atomic E-state index is 11.4. The predicted octanol–water partition coefficient (Wildman–Crippen LogP) is 6.56. The number of Topliss-reactive ketones (excluding diaryl/α,β-unsaturated/α-hetero) is 1. The Kier molecular flexibility index (Phi) is 6.00. The van der Waals surface area contributed by atoms with Gasteiger partial charge in [-0.05, 0) is 59.5 Å². The van der Waals surface area contributed by atoms with Gasteiger partial charge in [0.2, 0.25) is 0 Å². The van der Waals surface area contributed by atoms with Crippen molar-refractivity contribution >= 4 is 44.4 Å². The van der Waals surface area contributed by atoms with Gasteiger partial charge in [0.25, 0.3) is 0 Å². The summed E-state index contributed by atoms with van der Waals surface area (Å²) in [6, 6.07) is 6.26. The van der Waals surface area contributed by atoms with E-state index >= 15 is 0 Å². The predicted molar refractivity (Wildman–Crippen MR) is 93.2 cm³/mol. The van der Waals surface area contributed by atoms with Gasteiger partial charge in [-0.2, -0.15) is 0 Å². The molecule has 0 aliphatic rings. The van der Waals surface area contributed by atoms with Crippen molar-refractivity contribution < 1.29 is 4.79 Å². The fraction of sp³-hybridized carbons (Fsp3) is 0.438. The van der Waals surface area contributed by atoms with Crippen LogP contribution in [0.4, 0.5) is 0 Å². The first-order valence-electron chi connectivity index (χ1n) is 7.01. The van der Waals surface area contributed by atoms with E-state index in [4.69, 9.17) is 0 Å². The van der Waals surface area contributed by atoms with E-state index in [1.54, 1.807) is 29.6 Å². The fourth-order valence-electron chi connectivity index (χ4n) is 2.10. The molecule has 4 heteroatoms. The van der Waals surface area contributed by atoms with Crippen LogP contribution in [0.2, 0.25) is 0 Å². The summed E-state index contributed by atoms with van der Waals surface area (Å²) in [4.78, 5) is 14.7. The van der Waals surface area contributed by atoms with Crippen molar-refractivity contribution in [1.29, 1.82) is 0 Å². The molecule has 0 aliphatic heterocycles. The standard InChI is InChI=1S/C16H19BrOS2/c1-3-4-5-6-7-12-10-15(20-16(12)17)14-9-8-13(19-14)11(2)18/h8-10H,3-7H2,1-2H3. The van der Waals surface area contributed by atoms with Gasteiger partial charge in [0.15, 0.2) is 5.78 Å². The molecule has 0 aliphatic carbocycles. The first-order chi connectivity index (χ1) is 9.61. The molecule has 2 aromatic heterocycles. The van der Waals surface area contributed by atoms with Crippen molar-refractivity contribution in [3.8, 4) is 9.75 Å². The smallest absolute Gasteiger partial charge is 0.169 e. The first kappa shape index (κ1) is 15.9. The molecule has 108 valence electrons. The second kappa shape index (κ2) is 7.53. The fourth-order valence-corrected chi connectivity index (χ4v) is 4.85. The molecule has 0 fully saturated rings. The lowest BCUT2D eigenvalue weighted by Gasteiger charge is -1.98. The van der Waals surface area contributed by atoms with Crippen molar-refractivity contribution in [3.05, 3.63) is 32.4 Å². The van der Waals surface area contributed by atoms with Crippen LogP contribution in [0.3, 0.4) is 0 Å². The van der Waals surface area contributed by atoms with E-state index in [1.807, 2.05) is 6.07 Å². The molecule has 2 heterocycles. The van der Waals surface area contributed by atoms with Crippen molar-refractivity contribution in [1.82, 2.24) is 0 Å². The van der Waals surface area contributed by atoms with E-state index in [2.05, 4.69) is 35.0 Å². The van der Waals surface area contributed by atoms with E-state index in [0.717, 1.165) is 11.3 Å². The Bertz CT molecular complexity index is 583. The summed E-state index contributed by atoms with van der Waals surface area (Å²) < 4.78 is 1.24. The highest BCUT2D eigenvalue weighted by molar-refractivity contribution is 9.11. The number of thiophene rings is 2. The normalized spacial score (nSPS) is 10.9. The molecule has 0 radical (unpaired) electrons. The highest BCUT2D eigenvalue weighted by Crippen LogP contribution is 2.39. The SMILES string of the molecule is CCCCCCc1cc(-c2ccc(C(C)=O)s2)sc1Br. The number of aryl methyl sites for hydroxylation is 1. The summed E-state index contributed by atoms with van der Waals surface area (Å²) in [6.07, 6.45) is 6.30. The third kappa shape index (κ3) is 4.03. The van der Waals surface area contributed by atoms with Crippen LogP contribution < -0.4 is 0 Å². The lowest BCUT2D eigenvalue weighted by Crippen LogP contribution is -1.83. The molecular weight excluding hydrogens is 352 g/mol. The van der Waals surface area contributed by atoms with Crippen LogP contribution in [0.25, 0.3) is 9.75 Å². The van der Waals surface area contributed by atoms with Gasteiger partial charge in [0.1, 0.15) is 0 Å².